The van der Waals surface area contributed by atoms with Crippen molar-refractivity contribution in [1.29, 1.82) is 0 Å². The molecule has 0 N–H and O–H groups in total. The lowest BCUT2D eigenvalue weighted by Gasteiger charge is -2.37. The van der Waals surface area contributed by atoms with Crippen LogP contribution in [0.15, 0.2) is 59.9 Å². The topological polar surface area (TPSA) is 83.1 Å². The van der Waals surface area contributed by atoms with Gasteiger partial charge in [-0.2, -0.15) is 5.10 Å². The van der Waals surface area contributed by atoms with Gasteiger partial charge in [0.25, 0.3) is 5.56 Å². The summed E-state index contributed by atoms with van der Waals surface area (Å²) in [6.45, 7) is 12.3. The average molecular weight is 536 g/mol. The maximum atomic E-state index is 13.5. The van der Waals surface area contributed by atoms with E-state index in [-0.39, 0.29) is 10.6 Å². The van der Waals surface area contributed by atoms with Crippen LogP contribution >= 0.6 is 0 Å². The number of nitrogens with zero attached hydrogens (tertiary/aromatic N) is 5. The minimum absolute atomic E-state index is 0.0989. The molecule has 0 aliphatic rings. The molecule has 1 aromatic carbocycles. The van der Waals surface area contributed by atoms with E-state index in [0.717, 1.165) is 16.9 Å². The predicted molar refractivity (Wildman–Crippen MR) is 153 cm³/mol. The van der Waals surface area contributed by atoms with Gasteiger partial charge >= 0.3 is 0 Å². The third-order valence-corrected chi connectivity index (χ3v) is 11.8. The maximum absolute atomic E-state index is 13.5. The Bertz CT molecular complexity index is 1470. The highest BCUT2D eigenvalue weighted by Gasteiger charge is 2.37. The number of aromatic nitrogens is 4. The molecule has 4 rings (SSSR count). The van der Waals surface area contributed by atoms with Crippen molar-refractivity contribution >= 4 is 25.3 Å². The van der Waals surface area contributed by atoms with Gasteiger partial charge in [-0.25, -0.2) is 4.98 Å². The first kappa shape index (κ1) is 27.4. The van der Waals surface area contributed by atoms with Crippen LogP contribution in [0.2, 0.25) is 18.1 Å². The highest BCUT2D eigenvalue weighted by atomic mass is 28.4. The number of ether oxygens (including phenoxy) is 2. The zero-order valence-electron chi connectivity index (χ0n) is 23.5. The van der Waals surface area contributed by atoms with Crippen LogP contribution in [0.3, 0.4) is 0 Å². The number of methoxy groups -OCH3 is 2. The van der Waals surface area contributed by atoms with E-state index in [1.807, 2.05) is 49.8 Å². The predicted octanol–water partition coefficient (Wildman–Crippen LogP) is 5.27. The Hall–Kier alpha value is -3.63. The van der Waals surface area contributed by atoms with E-state index < -0.39 is 8.32 Å². The van der Waals surface area contributed by atoms with Crippen molar-refractivity contribution in [2.75, 3.05) is 32.3 Å². The first-order chi connectivity index (χ1) is 17.9. The molecule has 0 saturated carbocycles. The van der Waals surface area contributed by atoms with Crippen LogP contribution < -0.4 is 19.9 Å². The van der Waals surface area contributed by atoms with Crippen LogP contribution in [0, 0.1) is 0 Å². The van der Waals surface area contributed by atoms with E-state index in [1.54, 1.807) is 35.7 Å². The highest BCUT2D eigenvalue weighted by molar-refractivity contribution is 6.74. The largest absolute Gasteiger partial charge is 0.497 e. The van der Waals surface area contributed by atoms with Crippen molar-refractivity contribution in [3.63, 3.8) is 0 Å². The molecule has 0 spiro atoms. The monoisotopic (exact) mass is 535 g/mol. The molecule has 0 atom stereocenters. The van der Waals surface area contributed by atoms with Crippen LogP contribution in [0.4, 0.5) is 11.4 Å². The van der Waals surface area contributed by atoms with E-state index in [1.165, 1.54) is 0 Å². The number of aryl methyl sites for hydroxylation is 1. The van der Waals surface area contributed by atoms with Crippen LogP contribution in [-0.2, 0) is 11.5 Å². The summed E-state index contributed by atoms with van der Waals surface area (Å²) < 4.78 is 20.8. The minimum atomic E-state index is -1.95. The quantitative estimate of drug-likeness (QED) is 0.270. The molecule has 3 heterocycles. The Labute approximate surface area is 224 Å². The molecular formula is C28H37N5O4Si. The second-order valence-corrected chi connectivity index (χ2v) is 15.6. The molecule has 202 valence electrons. The van der Waals surface area contributed by atoms with E-state index in [2.05, 4.69) is 48.8 Å². The Morgan fingerprint density at radius 3 is 2.24 bits per heavy atom. The van der Waals surface area contributed by atoms with Crippen molar-refractivity contribution < 1.29 is 13.9 Å². The number of benzene rings is 1. The van der Waals surface area contributed by atoms with Gasteiger partial charge in [0.05, 0.1) is 38.3 Å². The molecule has 10 heteroatoms. The standard InChI is InChI=1S/C28H37N5O4Si/c1-28(2,3)38(7,8)37-12-11-32(22-13-23(35-5)15-24(14-22)36-6)21-9-10-26-29-17-25(27(34)33(26)19-21)20-16-30-31(4)18-20/h9-10,13-19H,11-12H2,1-8H3. The van der Waals surface area contributed by atoms with Crippen molar-refractivity contribution in [1.82, 2.24) is 19.2 Å². The smallest absolute Gasteiger partial charge is 0.265 e. The summed E-state index contributed by atoms with van der Waals surface area (Å²) in [5.41, 5.74) is 3.30. The molecule has 9 nitrogen and oxygen atoms in total. The van der Waals surface area contributed by atoms with Crippen LogP contribution in [0.25, 0.3) is 16.8 Å². The van der Waals surface area contributed by atoms with E-state index in [9.17, 15) is 4.79 Å². The highest BCUT2D eigenvalue weighted by Crippen LogP contribution is 2.37. The summed E-state index contributed by atoms with van der Waals surface area (Å²) in [6.07, 6.45) is 6.90. The summed E-state index contributed by atoms with van der Waals surface area (Å²) in [4.78, 5) is 20.2. The van der Waals surface area contributed by atoms with Gasteiger partial charge in [0.15, 0.2) is 8.32 Å². The zero-order chi connectivity index (χ0) is 27.7. The summed E-state index contributed by atoms with van der Waals surface area (Å²) in [5, 5.41) is 4.30. The molecular weight excluding hydrogens is 498 g/mol. The summed E-state index contributed by atoms with van der Waals surface area (Å²) in [7, 11) is 3.12. The first-order valence-corrected chi connectivity index (χ1v) is 15.5. The lowest BCUT2D eigenvalue weighted by molar-refractivity contribution is 0.297. The van der Waals surface area contributed by atoms with Crippen LogP contribution in [-0.4, -0.2) is 54.9 Å². The molecule has 0 radical (unpaired) electrons. The van der Waals surface area contributed by atoms with Crippen molar-refractivity contribution in [2.45, 2.75) is 38.9 Å². The second-order valence-electron chi connectivity index (χ2n) is 10.8. The SMILES string of the molecule is COc1cc(OC)cc(N(CCO[Si](C)(C)C(C)(C)C)c2ccc3ncc(-c4cnn(C)c4)c(=O)n3c2)c1. The lowest BCUT2D eigenvalue weighted by Crippen LogP contribution is -2.42. The van der Waals surface area contributed by atoms with Crippen molar-refractivity contribution in [3.8, 4) is 22.6 Å². The summed E-state index contributed by atoms with van der Waals surface area (Å²) >= 11 is 0. The van der Waals surface area contributed by atoms with Gasteiger partial charge in [-0.05, 0) is 30.3 Å². The number of fused-ring (bicyclic) bond motifs is 1. The molecule has 0 aliphatic carbocycles. The third-order valence-electron chi connectivity index (χ3n) is 7.25. The van der Waals surface area contributed by atoms with Gasteiger partial charge in [0.1, 0.15) is 17.1 Å². The molecule has 4 aromatic rings. The molecule has 0 saturated heterocycles. The van der Waals surface area contributed by atoms with Gasteiger partial charge in [-0.3, -0.25) is 13.9 Å². The molecule has 0 bridgehead atoms. The molecule has 0 fully saturated rings. The van der Waals surface area contributed by atoms with Crippen molar-refractivity contribution in [3.05, 3.63) is 65.5 Å². The Balaban J connectivity index is 1.79. The molecule has 3 aromatic heterocycles. The normalized spacial score (nSPS) is 12.1. The first-order valence-electron chi connectivity index (χ1n) is 12.6. The van der Waals surface area contributed by atoms with E-state index in [0.29, 0.717) is 35.9 Å². The number of anilines is 2. The van der Waals surface area contributed by atoms with Crippen LogP contribution in [0.1, 0.15) is 20.8 Å². The summed E-state index contributed by atoms with van der Waals surface area (Å²) in [5.74, 6) is 1.35. The summed E-state index contributed by atoms with van der Waals surface area (Å²) in [6, 6.07) is 9.55. The maximum Gasteiger partial charge on any atom is 0.265 e. The lowest BCUT2D eigenvalue weighted by atomic mass is 10.2. The van der Waals surface area contributed by atoms with Gasteiger partial charge in [0, 0.05) is 61.6 Å². The minimum Gasteiger partial charge on any atom is -0.497 e. The third kappa shape index (κ3) is 5.61. The molecule has 0 amide bonds. The van der Waals surface area contributed by atoms with E-state index in [4.69, 9.17) is 13.9 Å². The Morgan fingerprint density at radius 1 is 0.974 bits per heavy atom. The molecule has 0 unspecified atom stereocenters. The fraction of sp³-hybridized carbons (Fsp3) is 0.393. The second kappa shape index (κ2) is 10.6. The van der Waals surface area contributed by atoms with Gasteiger partial charge in [-0.15, -0.1) is 0 Å². The molecule has 38 heavy (non-hydrogen) atoms. The van der Waals surface area contributed by atoms with Crippen LogP contribution in [0.5, 0.6) is 11.5 Å². The number of hydrogen-bond acceptors (Lipinski definition) is 7. The van der Waals surface area contributed by atoms with Gasteiger partial charge in [0.2, 0.25) is 0 Å². The average Bonchev–Trinajstić information content (AvgIpc) is 3.31. The van der Waals surface area contributed by atoms with E-state index >= 15 is 0 Å². The number of rotatable bonds is 9. The zero-order valence-corrected chi connectivity index (χ0v) is 24.5. The molecule has 0 aliphatic heterocycles. The van der Waals surface area contributed by atoms with Crippen molar-refractivity contribution in [2.24, 2.45) is 7.05 Å². The fourth-order valence-electron chi connectivity index (χ4n) is 3.95. The Kier molecular flexibility index (Phi) is 7.66. The van der Waals surface area contributed by atoms with Gasteiger partial charge < -0.3 is 18.8 Å². The number of hydrogen-bond donors (Lipinski definition) is 0. The number of pyridine rings is 1. The fourth-order valence-corrected chi connectivity index (χ4v) is 4.98. The Morgan fingerprint density at radius 2 is 1.66 bits per heavy atom. The van der Waals surface area contributed by atoms with Gasteiger partial charge in [-0.1, -0.05) is 20.8 Å².